The maximum absolute atomic E-state index is 13.2. The van der Waals surface area contributed by atoms with Crippen LogP contribution < -0.4 is 16.4 Å². The van der Waals surface area contributed by atoms with E-state index in [9.17, 15) is 24.6 Å². The van der Waals surface area contributed by atoms with Crippen LogP contribution in [0.25, 0.3) is 5.57 Å². The van der Waals surface area contributed by atoms with Gasteiger partial charge in [-0.25, -0.2) is 29.5 Å². The normalized spacial score (nSPS) is 35.0. The van der Waals surface area contributed by atoms with Crippen LogP contribution in [-0.2, 0) is 28.6 Å². The highest BCUT2D eigenvalue weighted by molar-refractivity contribution is 6.18. The van der Waals surface area contributed by atoms with Crippen LogP contribution in [0, 0.1) is 22.7 Å². The van der Waals surface area contributed by atoms with E-state index in [0.717, 1.165) is 0 Å². The molecule has 6 rings (SSSR count). The fourth-order valence-corrected chi connectivity index (χ4v) is 8.15. The molecule has 15 nitrogen and oxygen atoms in total. The van der Waals surface area contributed by atoms with Crippen molar-refractivity contribution in [2.24, 2.45) is 32.7 Å². The lowest BCUT2D eigenvalue weighted by Crippen LogP contribution is -2.67. The SMILES string of the molecule is CCOC(=O)/C(=C1C=C(/C=C/C2C3(CO3)C(NC(C)C(=O)NC3=NCC=N3)CC3[C@]2(C)CC[C@@H](O)[C@@]3(C)CO)C(=O)O/1)c1cnc(N)nc1. The molecule has 262 valence electrons. The number of fused-ring (bicyclic) bond motifs is 1. The van der Waals surface area contributed by atoms with E-state index in [0.29, 0.717) is 32.4 Å². The van der Waals surface area contributed by atoms with Gasteiger partial charge in [-0.05, 0) is 50.5 Å². The third-order valence-electron chi connectivity index (χ3n) is 10.9. The van der Waals surface area contributed by atoms with Gasteiger partial charge in [0.1, 0.15) is 16.9 Å². The lowest BCUT2D eigenvalue weighted by Gasteiger charge is -2.62. The number of hydrogen-bond donors (Lipinski definition) is 5. The summed E-state index contributed by atoms with van der Waals surface area (Å²) < 4.78 is 17.1. The number of nitrogens with zero attached hydrogens (tertiary/aromatic N) is 4. The molecule has 2 aliphatic carbocycles. The molecule has 0 bridgehead atoms. The highest BCUT2D eigenvalue weighted by Gasteiger charge is 2.70. The molecular formula is C34H43N7O8. The van der Waals surface area contributed by atoms with E-state index < -0.39 is 40.5 Å². The van der Waals surface area contributed by atoms with E-state index in [2.05, 4.69) is 37.5 Å². The molecule has 0 radical (unpaired) electrons. The molecule has 8 atom stereocenters. The van der Waals surface area contributed by atoms with Crippen molar-refractivity contribution < 1.29 is 38.8 Å². The van der Waals surface area contributed by atoms with Gasteiger partial charge in [-0.3, -0.25) is 10.1 Å². The van der Waals surface area contributed by atoms with E-state index in [1.54, 1.807) is 26.1 Å². The number of nitrogens with two attached hydrogens (primary N) is 1. The maximum atomic E-state index is 13.2. The fraction of sp³-hybridized carbons (Fsp3) is 0.559. The Morgan fingerprint density at radius 2 is 2.00 bits per heavy atom. The summed E-state index contributed by atoms with van der Waals surface area (Å²) in [4.78, 5) is 55.5. The number of amides is 1. The predicted octanol–water partition coefficient (Wildman–Crippen LogP) is 0.840. The number of aliphatic hydroxyl groups excluding tert-OH is 2. The van der Waals surface area contributed by atoms with Gasteiger partial charge in [0.2, 0.25) is 17.8 Å². The van der Waals surface area contributed by atoms with Crippen molar-refractivity contribution in [3.8, 4) is 0 Å². The topological polar surface area (TPSA) is 223 Å². The molecular weight excluding hydrogens is 634 g/mol. The van der Waals surface area contributed by atoms with Crippen molar-refractivity contribution in [2.75, 3.05) is 32.1 Å². The molecule has 5 aliphatic rings. The van der Waals surface area contributed by atoms with Crippen LogP contribution in [0.2, 0.25) is 0 Å². The zero-order chi connectivity index (χ0) is 35.1. The molecule has 5 unspecified atom stereocenters. The third-order valence-corrected chi connectivity index (χ3v) is 10.9. The first-order chi connectivity index (χ1) is 23.4. The molecule has 1 amide bonds. The van der Waals surface area contributed by atoms with Crippen LogP contribution in [0.5, 0.6) is 0 Å². The number of carbonyl (C=O) groups is 3. The molecule has 2 saturated carbocycles. The number of allylic oxidation sites excluding steroid dienone is 1. The number of aromatic nitrogens is 2. The van der Waals surface area contributed by atoms with Gasteiger partial charge < -0.3 is 35.5 Å². The van der Waals surface area contributed by atoms with Crippen LogP contribution in [0.3, 0.4) is 0 Å². The minimum atomic E-state index is -0.828. The van der Waals surface area contributed by atoms with Gasteiger partial charge in [0.25, 0.3) is 0 Å². The van der Waals surface area contributed by atoms with Crippen molar-refractivity contribution >= 4 is 41.5 Å². The summed E-state index contributed by atoms with van der Waals surface area (Å²) >= 11 is 0. The third kappa shape index (κ3) is 6.20. The molecule has 1 aromatic heterocycles. The predicted molar refractivity (Wildman–Crippen MR) is 177 cm³/mol. The van der Waals surface area contributed by atoms with Crippen LogP contribution in [-0.4, -0.2) is 100 Å². The van der Waals surface area contributed by atoms with Gasteiger partial charge >= 0.3 is 11.9 Å². The highest BCUT2D eigenvalue weighted by Crippen LogP contribution is 2.65. The van der Waals surface area contributed by atoms with Gasteiger partial charge in [-0.1, -0.05) is 26.0 Å². The summed E-state index contributed by atoms with van der Waals surface area (Å²) in [7, 11) is 0. The summed E-state index contributed by atoms with van der Waals surface area (Å²) in [5, 5.41) is 28.1. The first kappa shape index (κ1) is 34.5. The number of ether oxygens (including phenoxy) is 3. The summed E-state index contributed by atoms with van der Waals surface area (Å²) in [5.41, 5.74) is 4.08. The van der Waals surface area contributed by atoms with Crippen molar-refractivity contribution in [2.45, 2.75) is 70.7 Å². The lowest BCUT2D eigenvalue weighted by atomic mass is 9.44. The number of carbonyl (C=O) groups excluding carboxylic acids is 3. The molecule has 4 heterocycles. The summed E-state index contributed by atoms with van der Waals surface area (Å²) in [6.45, 7) is 8.16. The number of rotatable bonds is 9. The first-order valence-corrected chi connectivity index (χ1v) is 16.5. The van der Waals surface area contributed by atoms with E-state index >= 15 is 0 Å². The quantitative estimate of drug-likeness (QED) is 0.139. The Morgan fingerprint density at radius 1 is 1.27 bits per heavy atom. The van der Waals surface area contributed by atoms with Gasteiger partial charge in [0.05, 0.1) is 44.1 Å². The van der Waals surface area contributed by atoms with Crippen LogP contribution in [0.1, 0.15) is 52.5 Å². The van der Waals surface area contributed by atoms with Crippen LogP contribution in [0.4, 0.5) is 5.95 Å². The van der Waals surface area contributed by atoms with Gasteiger partial charge in [0.15, 0.2) is 0 Å². The number of esters is 2. The monoisotopic (exact) mass is 677 g/mol. The minimum absolute atomic E-state index is 0.00850. The largest absolute Gasteiger partial charge is 0.462 e. The fourth-order valence-electron chi connectivity index (χ4n) is 8.15. The molecule has 6 N–H and O–H groups in total. The number of hydrogen-bond acceptors (Lipinski definition) is 14. The number of nitrogen functional groups attached to an aromatic ring is 1. The summed E-state index contributed by atoms with van der Waals surface area (Å²) in [6, 6.07) is -0.988. The number of aliphatic hydroxyl groups is 2. The van der Waals surface area contributed by atoms with E-state index in [4.69, 9.17) is 19.9 Å². The summed E-state index contributed by atoms with van der Waals surface area (Å²) in [5.74, 6) is -1.89. The van der Waals surface area contributed by atoms with Crippen molar-refractivity contribution in [1.29, 1.82) is 0 Å². The second-order valence-corrected chi connectivity index (χ2v) is 13.8. The molecule has 3 aliphatic heterocycles. The Hall–Kier alpha value is -4.31. The average Bonchev–Trinajstić information content (AvgIpc) is 3.52. The lowest BCUT2D eigenvalue weighted by molar-refractivity contribution is -0.174. The van der Waals surface area contributed by atoms with E-state index in [1.807, 2.05) is 13.0 Å². The second-order valence-electron chi connectivity index (χ2n) is 13.8. The highest BCUT2D eigenvalue weighted by atomic mass is 16.6. The molecule has 49 heavy (non-hydrogen) atoms. The minimum Gasteiger partial charge on any atom is -0.462 e. The van der Waals surface area contributed by atoms with E-state index in [1.165, 1.54) is 18.5 Å². The van der Waals surface area contributed by atoms with Crippen LogP contribution >= 0.6 is 0 Å². The number of nitrogens with one attached hydrogen (secondary N) is 2. The zero-order valence-corrected chi connectivity index (χ0v) is 28.0. The number of anilines is 1. The first-order valence-electron chi connectivity index (χ1n) is 16.5. The molecule has 15 heteroatoms. The Morgan fingerprint density at radius 3 is 2.63 bits per heavy atom. The second kappa shape index (κ2) is 13.2. The summed E-state index contributed by atoms with van der Waals surface area (Å²) in [6.07, 6.45) is 10.3. The Balaban J connectivity index is 1.35. The van der Waals surface area contributed by atoms with Gasteiger partial charge in [0, 0.05) is 41.5 Å². The van der Waals surface area contributed by atoms with Crippen molar-refractivity contribution in [3.63, 3.8) is 0 Å². The zero-order valence-electron chi connectivity index (χ0n) is 28.0. The van der Waals surface area contributed by atoms with Gasteiger partial charge in [-0.15, -0.1) is 0 Å². The average molecular weight is 678 g/mol. The Labute approximate surface area is 283 Å². The molecule has 1 spiro atoms. The smallest absolute Gasteiger partial charge is 0.343 e. The maximum Gasteiger partial charge on any atom is 0.343 e. The number of aliphatic imine (C=N–C) groups is 2. The number of guanidine groups is 1. The number of cyclic esters (lactones) is 1. The molecule has 3 fully saturated rings. The van der Waals surface area contributed by atoms with Gasteiger partial charge in [-0.2, -0.15) is 0 Å². The van der Waals surface area contributed by atoms with E-state index in [-0.39, 0.29) is 71.4 Å². The van der Waals surface area contributed by atoms with Crippen LogP contribution in [0.15, 0.2) is 51.9 Å². The number of epoxide rings is 1. The Kier molecular flexibility index (Phi) is 9.30. The molecule has 1 aromatic rings. The molecule has 1 saturated heterocycles. The standard InChI is InChI=1S/C34H43N7O8/c1-5-47-29(46)26(20-14-38-30(35)39-15-20)21-12-19(28(45)49-21)6-7-22-32(3)9-8-25(43)33(4,16-42)23(32)13-24(34(22)17-48-34)40-18(2)27(44)41-31-36-10-11-37-31/h6-7,10,12,14-15,18,22-25,40,42-43H,5,8-9,11,13,16-17H2,1-4H3,(H2,35,38,39)(H,37,41,44)/b7-6+,26-21-/t18?,22?,23?,24?,25-,32-,33+,34?/m1/s1. The van der Waals surface area contributed by atoms with Crippen molar-refractivity contribution in [1.82, 2.24) is 20.6 Å². The molecule has 0 aromatic carbocycles. The Bertz CT molecular complexity index is 1670. The van der Waals surface area contributed by atoms with Crippen molar-refractivity contribution in [3.05, 3.63) is 47.5 Å².